The summed E-state index contributed by atoms with van der Waals surface area (Å²) in [5.74, 6) is -0.193. The van der Waals surface area contributed by atoms with E-state index in [-0.39, 0.29) is 17.4 Å². The van der Waals surface area contributed by atoms with Gasteiger partial charge in [-0.25, -0.2) is 9.78 Å². The summed E-state index contributed by atoms with van der Waals surface area (Å²) < 4.78 is 0. The molecule has 17 heavy (non-hydrogen) atoms. The van der Waals surface area contributed by atoms with Crippen LogP contribution < -0.4 is 5.32 Å². The van der Waals surface area contributed by atoms with Gasteiger partial charge >= 0.3 is 5.97 Å². The molecule has 0 aromatic carbocycles. The maximum atomic E-state index is 11.7. The summed E-state index contributed by atoms with van der Waals surface area (Å²) in [4.78, 5) is 26.2. The van der Waals surface area contributed by atoms with Crippen molar-refractivity contribution >= 4 is 17.7 Å². The van der Waals surface area contributed by atoms with Crippen LogP contribution in [0.1, 0.15) is 30.1 Å². The van der Waals surface area contributed by atoms with Gasteiger partial charge in [-0.15, -0.1) is 0 Å². The Bertz CT molecular complexity index is 438. The number of carbonyl (C=O) groups is 2. The number of nitrogens with one attached hydrogen (secondary N) is 1. The van der Waals surface area contributed by atoms with Crippen LogP contribution in [0.3, 0.4) is 0 Å². The highest BCUT2D eigenvalue weighted by atomic mass is 16.4. The van der Waals surface area contributed by atoms with Gasteiger partial charge in [0.05, 0.1) is 5.56 Å². The standard InChI is InChI=1S/C12H14N2O3/c1-7(8-2-3-8)11(15)14-10-5-4-9(6-13-10)12(16)17/h4-8H,2-3H2,1H3,(H,16,17)(H,13,14,15). The molecule has 1 aromatic heterocycles. The molecule has 1 aliphatic carbocycles. The van der Waals surface area contributed by atoms with Gasteiger partial charge in [0.15, 0.2) is 0 Å². The molecule has 1 aliphatic rings. The summed E-state index contributed by atoms with van der Waals surface area (Å²) in [6.45, 7) is 1.90. The van der Waals surface area contributed by atoms with Gasteiger partial charge in [0, 0.05) is 12.1 Å². The van der Waals surface area contributed by atoms with Crippen LogP contribution in [0.15, 0.2) is 18.3 Å². The molecule has 0 radical (unpaired) electrons. The molecule has 2 rings (SSSR count). The molecule has 0 saturated heterocycles. The van der Waals surface area contributed by atoms with Crippen LogP contribution in [0.2, 0.25) is 0 Å². The minimum atomic E-state index is -1.03. The number of anilines is 1. The first-order valence-electron chi connectivity index (χ1n) is 5.58. The van der Waals surface area contributed by atoms with Crippen molar-refractivity contribution in [2.75, 3.05) is 5.32 Å². The van der Waals surface area contributed by atoms with Gasteiger partial charge in [-0.05, 0) is 30.9 Å². The van der Waals surface area contributed by atoms with Crippen LogP contribution in [0.5, 0.6) is 0 Å². The van der Waals surface area contributed by atoms with Gasteiger partial charge in [0.2, 0.25) is 5.91 Å². The number of pyridine rings is 1. The molecule has 1 unspecified atom stereocenters. The summed E-state index contributed by atoms with van der Waals surface area (Å²) in [5, 5.41) is 11.4. The molecule has 90 valence electrons. The Morgan fingerprint density at radius 3 is 2.65 bits per heavy atom. The minimum absolute atomic E-state index is 0.00375. The van der Waals surface area contributed by atoms with E-state index < -0.39 is 5.97 Å². The zero-order valence-electron chi connectivity index (χ0n) is 9.51. The van der Waals surface area contributed by atoms with Gasteiger partial charge in [-0.3, -0.25) is 4.79 Å². The van der Waals surface area contributed by atoms with Gasteiger partial charge in [0.1, 0.15) is 5.82 Å². The maximum Gasteiger partial charge on any atom is 0.337 e. The second kappa shape index (κ2) is 4.53. The van der Waals surface area contributed by atoms with Gasteiger partial charge < -0.3 is 10.4 Å². The van der Waals surface area contributed by atoms with E-state index >= 15 is 0 Å². The number of amides is 1. The molecule has 5 nitrogen and oxygen atoms in total. The Hall–Kier alpha value is -1.91. The summed E-state index contributed by atoms with van der Waals surface area (Å²) >= 11 is 0. The summed E-state index contributed by atoms with van der Waals surface area (Å²) in [7, 11) is 0. The number of carbonyl (C=O) groups excluding carboxylic acids is 1. The second-order valence-electron chi connectivity index (χ2n) is 4.35. The van der Waals surface area contributed by atoms with E-state index in [0.717, 1.165) is 12.8 Å². The molecular weight excluding hydrogens is 220 g/mol. The molecule has 1 atom stereocenters. The average molecular weight is 234 g/mol. The predicted molar refractivity (Wildman–Crippen MR) is 61.7 cm³/mol. The Morgan fingerprint density at radius 2 is 2.18 bits per heavy atom. The molecule has 1 saturated carbocycles. The van der Waals surface area contributed by atoms with E-state index in [4.69, 9.17) is 5.11 Å². The first-order valence-corrected chi connectivity index (χ1v) is 5.58. The second-order valence-corrected chi connectivity index (χ2v) is 4.35. The molecule has 1 aromatic rings. The largest absolute Gasteiger partial charge is 0.478 e. The first-order chi connectivity index (χ1) is 8.08. The third-order valence-electron chi connectivity index (χ3n) is 3.00. The van der Waals surface area contributed by atoms with E-state index in [9.17, 15) is 9.59 Å². The fraction of sp³-hybridized carbons (Fsp3) is 0.417. The van der Waals surface area contributed by atoms with Crippen LogP contribution in [-0.2, 0) is 4.79 Å². The number of carboxylic acid groups (broad SMARTS) is 1. The van der Waals surface area contributed by atoms with Crippen molar-refractivity contribution in [2.45, 2.75) is 19.8 Å². The highest BCUT2D eigenvalue weighted by Gasteiger charge is 2.32. The zero-order chi connectivity index (χ0) is 12.4. The van der Waals surface area contributed by atoms with E-state index in [0.29, 0.717) is 11.7 Å². The Balaban J connectivity index is 1.98. The zero-order valence-corrected chi connectivity index (χ0v) is 9.51. The maximum absolute atomic E-state index is 11.7. The topological polar surface area (TPSA) is 79.3 Å². The van der Waals surface area contributed by atoms with Gasteiger partial charge in [-0.2, -0.15) is 0 Å². The lowest BCUT2D eigenvalue weighted by molar-refractivity contribution is -0.119. The number of hydrogen-bond acceptors (Lipinski definition) is 3. The molecular formula is C12H14N2O3. The molecule has 0 spiro atoms. The van der Waals surface area contributed by atoms with Crippen LogP contribution in [0.25, 0.3) is 0 Å². The third kappa shape index (κ3) is 2.81. The summed E-state index contributed by atoms with van der Waals surface area (Å²) in [5.41, 5.74) is 0.109. The fourth-order valence-electron chi connectivity index (χ4n) is 1.64. The number of nitrogens with zero attached hydrogens (tertiary/aromatic N) is 1. The van der Waals surface area contributed by atoms with E-state index in [1.165, 1.54) is 18.3 Å². The van der Waals surface area contributed by atoms with E-state index in [1.807, 2.05) is 6.92 Å². The fourth-order valence-corrected chi connectivity index (χ4v) is 1.64. The third-order valence-corrected chi connectivity index (χ3v) is 3.00. The smallest absolute Gasteiger partial charge is 0.337 e. The highest BCUT2D eigenvalue weighted by Crippen LogP contribution is 2.36. The molecule has 2 N–H and O–H groups in total. The quantitative estimate of drug-likeness (QED) is 0.832. The number of carboxylic acids is 1. The van der Waals surface area contributed by atoms with E-state index in [1.54, 1.807) is 0 Å². The van der Waals surface area contributed by atoms with Crippen LogP contribution >= 0.6 is 0 Å². The Labute approximate surface area is 98.9 Å². The summed E-state index contributed by atoms with van der Waals surface area (Å²) in [6, 6.07) is 2.92. The van der Waals surface area contributed by atoms with Crippen molar-refractivity contribution in [3.63, 3.8) is 0 Å². The van der Waals surface area contributed by atoms with Crippen molar-refractivity contribution < 1.29 is 14.7 Å². The average Bonchev–Trinajstić information content (AvgIpc) is 3.12. The van der Waals surface area contributed by atoms with Crippen molar-refractivity contribution in [1.82, 2.24) is 4.98 Å². The predicted octanol–water partition coefficient (Wildman–Crippen LogP) is 1.76. The Morgan fingerprint density at radius 1 is 1.47 bits per heavy atom. The lowest BCUT2D eigenvalue weighted by Crippen LogP contribution is -2.22. The lowest BCUT2D eigenvalue weighted by Gasteiger charge is -2.10. The SMILES string of the molecule is CC(C(=O)Nc1ccc(C(=O)O)cn1)C1CC1. The minimum Gasteiger partial charge on any atom is -0.478 e. The lowest BCUT2D eigenvalue weighted by atomic mass is 10.1. The molecule has 1 heterocycles. The molecule has 1 amide bonds. The van der Waals surface area contributed by atoms with Crippen LogP contribution in [0, 0.1) is 11.8 Å². The first kappa shape index (κ1) is 11.6. The highest BCUT2D eigenvalue weighted by molar-refractivity contribution is 5.92. The van der Waals surface area contributed by atoms with Crippen LogP contribution in [-0.4, -0.2) is 22.0 Å². The molecule has 0 bridgehead atoms. The van der Waals surface area contributed by atoms with Crippen molar-refractivity contribution in [2.24, 2.45) is 11.8 Å². The van der Waals surface area contributed by atoms with E-state index in [2.05, 4.69) is 10.3 Å². The normalized spacial score (nSPS) is 16.3. The van der Waals surface area contributed by atoms with Crippen molar-refractivity contribution in [3.8, 4) is 0 Å². The summed E-state index contributed by atoms with van der Waals surface area (Å²) in [6.07, 6.45) is 3.46. The van der Waals surface area contributed by atoms with Gasteiger partial charge in [-0.1, -0.05) is 6.92 Å². The molecule has 1 fully saturated rings. The molecule has 0 aliphatic heterocycles. The van der Waals surface area contributed by atoms with Crippen LogP contribution in [0.4, 0.5) is 5.82 Å². The van der Waals surface area contributed by atoms with Crippen molar-refractivity contribution in [1.29, 1.82) is 0 Å². The monoisotopic (exact) mass is 234 g/mol. The Kier molecular flexibility index (Phi) is 3.08. The number of aromatic carboxylic acids is 1. The van der Waals surface area contributed by atoms with Crippen molar-refractivity contribution in [3.05, 3.63) is 23.9 Å². The molecule has 5 heteroatoms. The number of hydrogen-bond donors (Lipinski definition) is 2. The number of rotatable bonds is 4. The number of aromatic nitrogens is 1. The van der Waals surface area contributed by atoms with Gasteiger partial charge in [0.25, 0.3) is 0 Å².